The second-order valence-electron chi connectivity index (χ2n) is 14.5. The van der Waals surface area contributed by atoms with Crippen LogP contribution in [0.1, 0.15) is 103 Å². The van der Waals surface area contributed by atoms with Crippen LogP contribution in [0.5, 0.6) is 0 Å². The van der Waals surface area contributed by atoms with E-state index in [2.05, 4.69) is 57.7 Å². The third kappa shape index (κ3) is 4.17. The third-order valence-corrected chi connectivity index (χ3v) is 11.4. The zero-order valence-electron chi connectivity index (χ0n) is 24.2. The highest BCUT2D eigenvalue weighted by Gasteiger charge is 2.64. The van der Waals surface area contributed by atoms with Crippen molar-refractivity contribution in [2.45, 2.75) is 108 Å². The second kappa shape index (κ2) is 9.02. The molecule has 0 unspecified atom stereocenters. The highest BCUT2D eigenvalue weighted by atomic mass is 16.7. The molecule has 6 rings (SSSR count). The van der Waals surface area contributed by atoms with Gasteiger partial charge in [0.15, 0.2) is 5.79 Å². The molecule has 0 bridgehead atoms. The van der Waals surface area contributed by atoms with Gasteiger partial charge in [-0.05, 0) is 74.0 Å². The molecule has 0 amide bonds. The van der Waals surface area contributed by atoms with Gasteiger partial charge in [0.25, 0.3) is 0 Å². The van der Waals surface area contributed by atoms with Crippen LogP contribution in [-0.2, 0) is 9.47 Å². The highest BCUT2D eigenvalue weighted by molar-refractivity contribution is 5.61. The van der Waals surface area contributed by atoms with Crippen molar-refractivity contribution in [1.82, 2.24) is 0 Å². The summed E-state index contributed by atoms with van der Waals surface area (Å²) in [5.41, 5.74) is 3.74. The van der Waals surface area contributed by atoms with Crippen LogP contribution in [0.25, 0.3) is 5.57 Å². The predicted molar refractivity (Wildman–Crippen MR) is 151 cm³/mol. The van der Waals surface area contributed by atoms with Crippen molar-refractivity contribution in [3.05, 3.63) is 53.1 Å². The number of ether oxygens (including phenoxy) is 2. The van der Waals surface area contributed by atoms with E-state index in [0.29, 0.717) is 44.3 Å². The molecule has 0 radical (unpaired) electrons. The van der Waals surface area contributed by atoms with Crippen LogP contribution in [0.3, 0.4) is 0 Å². The standard InChI is InChI=1S/C34H45NO4/c1-22(2)23-6-8-24(9-7-23)26-18-31(5)27(11-14-33(31,37)16-17-35)25-10-13-32(36)19-34(15-12-28(32)29(25)26)38-20-30(3,4)21-39-34/h6-9,25-27,36-37H,1,10-16,18-21H2,2-5H3/t25-,26+,27-,31-,32+,33+/m0/s1. The first-order valence-corrected chi connectivity index (χ1v) is 14.9. The fourth-order valence-electron chi connectivity index (χ4n) is 9.07. The summed E-state index contributed by atoms with van der Waals surface area (Å²) in [4.78, 5) is 0. The number of nitriles is 1. The second-order valence-corrected chi connectivity index (χ2v) is 14.5. The lowest BCUT2D eigenvalue weighted by atomic mass is 9.49. The predicted octanol–water partition coefficient (Wildman–Crippen LogP) is 6.66. The summed E-state index contributed by atoms with van der Waals surface area (Å²) in [5, 5.41) is 33.9. The Labute approximate surface area is 233 Å². The van der Waals surface area contributed by atoms with Gasteiger partial charge in [0, 0.05) is 29.6 Å². The lowest BCUT2D eigenvalue weighted by Gasteiger charge is -2.58. The first-order valence-electron chi connectivity index (χ1n) is 14.9. The maximum absolute atomic E-state index is 12.3. The minimum atomic E-state index is -0.973. The average Bonchev–Trinajstić information content (AvgIpc) is 3.15. The summed E-state index contributed by atoms with van der Waals surface area (Å²) < 4.78 is 12.8. The molecule has 3 saturated carbocycles. The number of nitrogens with zero attached hydrogens (tertiary/aromatic N) is 1. The summed E-state index contributed by atoms with van der Waals surface area (Å²) in [5.74, 6) is 0.0109. The Balaban J connectivity index is 1.43. The van der Waals surface area contributed by atoms with E-state index in [9.17, 15) is 15.5 Å². The quantitative estimate of drug-likeness (QED) is 0.426. The van der Waals surface area contributed by atoms with Crippen molar-refractivity contribution >= 4 is 5.57 Å². The summed E-state index contributed by atoms with van der Waals surface area (Å²) in [6.45, 7) is 14.0. The Hall–Kier alpha value is -1.97. The topological polar surface area (TPSA) is 82.7 Å². The average molecular weight is 532 g/mol. The molecule has 1 saturated heterocycles. The van der Waals surface area contributed by atoms with E-state index in [0.717, 1.165) is 43.2 Å². The van der Waals surface area contributed by atoms with Crippen LogP contribution in [0.4, 0.5) is 0 Å². The molecular formula is C34H45NO4. The third-order valence-electron chi connectivity index (χ3n) is 11.4. The van der Waals surface area contributed by atoms with E-state index < -0.39 is 17.0 Å². The van der Waals surface area contributed by atoms with E-state index in [-0.39, 0.29) is 23.2 Å². The van der Waals surface area contributed by atoms with E-state index in [1.54, 1.807) is 0 Å². The van der Waals surface area contributed by atoms with Crippen molar-refractivity contribution < 1.29 is 19.7 Å². The summed E-state index contributed by atoms with van der Waals surface area (Å²) in [6, 6.07) is 11.0. The van der Waals surface area contributed by atoms with Gasteiger partial charge in [-0.15, -0.1) is 0 Å². The molecule has 1 aromatic rings. The molecule has 2 N–H and O–H groups in total. The Morgan fingerprint density at radius 2 is 1.74 bits per heavy atom. The smallest absolute Gasteiger partial charge is 0.171 e. The Morgan fingerprint density at radius 3 is 2.38 bits per heavy atom. The molecule has 0 aromatic heterocycles. The molecule has 5 aliphatic rings. The van der Waals surface area contributed by atoms with Gasteiger partial charge >= 0.3 is 0 Å². The summed E-state index contributed by atoms with van der Waals surface area (Å²) in [7, 11) is 0. The van der Waals surface area contributed by atoms with Gasteiger partial charge < -0.3 is 19.7 Å². The maximum Gasteiger partial charge on any atom is 0.171 e. The van der Waals surface area contributed by atoms with Crippen LogP contribution in [0.2, 0.25) is 0 Å². The fourth-order valence-corrected chi connectivity index (χ4v) is 9.07. The van der Waals surface area contributed by atoms with Crippen LogP contribution < -0.4 is 0 Å². The number of fused-ring (bicyclic) bond motifs is 4. The van der Waals surface area contributed by atoms with Gasteiger partial charge in [-0.3, -0.25) is 0 Å². The van der Waals surface area contributed by atoms with Crippen molar-refractivity contribution in [2.75, 3.05) is 13.2 Å². The molecule has 4 aliphatic carbocycles. The van der Waals surface area contributed by atoms with E-state index in [1.807, 2.05) is 6.92 Å². The number of hydrogen-bond acceptors (Lipinski definition) is 5. The molecule has 1 aliphatic heterocycles. The zero-order valence-corrected chi connectivity index (χ0v) is 24.2. The molecule has 210 valence electrons. The van der Waals surface area contributed by atoms with Gasteiger partial charge in [-0.1, -0.05) is 62.8 Å². The van der Waals surface area contributed by atoms with Crippen LogP contribution in [0.15, 0.2) is 42.0 Å². The Bertz CT molecular complexity index is 1230. The first kappa shape index (κ1) is 27.2. The zero-order chi connectivity index (χ0) is 27.8. The molecule has 4 fully saturated rings. The van der Waals surface area contributed by atoms with Gasteiger partial charge in [0.1, 0.15) is 0 Å². The molecule has 1 heterocycles. The van der Waals surface area contributed by atoms with E-state index >= 15 is 0 Å². The minimum absolute atomic E-state index is 0.0121. The van der Waals surface area contributed by atoms with E-state index in [1.165, 1.54) is 16.7 Å². The van der Waals surface area contributed by atoms with Crippen molar-refractivity contribution in [3.63, 3.8) is 0 Å². The normalized spacial score (nSPS) is 40.4. The lowest BCUT2D eigenvalue weighted by Crippen LogP contribution is -2.58. The monoisotopic (exact) mass is 531 g/mol. The molecule has 5 heteroatoms. The van der Waals surface area contributed by atoms with E-state index in [4.69, 9.17) is 9.47 Å². The number of benzene rings is 1. The summed E-state index contributed by atoms with van der Waals surface area (Å²) >= 11 is 0. The molecular weight excluding hydrogens is 486 g/mol. The molecule has 39 heavy (non-hydrogen) atoms. The Kier molecular flexibility index (Phi) is 6.29. The number of aliphatic hydroxyl groups is 2. The first-order chi connectivity index (χ1) is 18.3. The summed E-state index contributed by atoms with van der Waals surface area (Å²) in [6.07, 6.45) is 6.18. The van der Waals surface area contributed by atoms with Crippen LogP contribution in [-0.4, -0.2) is 40.4 Å². The fraction of sp³-hybridized carbons (Fsp3) is 0.676. The lowest BCUT2D eigenvalue weighted by molar-refractivity contribution is -0.322. The maximum atomic E-state index is 12.3. The number of allylic oxidation sites excluding steroid dienone is 2. The number of rotatable bonds is 3. The van der Waals surface area contributed by atoms with Crippen molar-refractivity contribution in [2.24, 2.45) is 22.7 Å². The molecule has 1 spiro atoms. The molecule has 5 nitrogen and oxygen atoms in total. The largest absolute Gasteiger partial charge is 0.388 e. The van der Waals surface area contributed by atoms with Gasteiger partial charge in [0.05, 0.1) is 36.9 Å². The molecule has 1 aromatic carbocycles. The van der Waals surface area contributed by atoms with Crippen LogP contribution in [0, 0.1) is 34.0 Å². The van der Waals surface area contributed by atoms with Crippen molar-refractivity contribution in [3.8, 4) is 6.07 Å². The SMILES string of the molecule is C=C(C)c1ccc([C@H]2C[C@@]3(C)[C@@H](CC[C@@]3(O)CC#N)[C@@H]3CC[C@@]4(O)CC5(CCC4=C32)OCC(C)(C)CO5)cc1. The van der Waals surface area contributed by atoms with Gasteiger partial charge in [0.2, 0.25) is 0 Å². The van der Waals surface area contributed by atoms with Gasteiger partial charge in [-0.25, -0.2) is 0 Å². The number of hydrogen-bond donors (Lipinski definition) is 2. The Morgan fingerprint density at radius 1 is 1.05 bits per heavy atom. The van der Waals surface area contributed by atoms with Crippen molar-refractivity contribution in [1.29, 1.82) is 5.26 Å². The molecule has 6 atom stereocenters. The van der Waals surface area contributed by atoms with Gasteiger partial charge in [-0.2, -0.15) is 5.26 Å². The highest BCUT2D eigenvalue weighted by Crippen LogP contribution is 2.68. The minimum Gasteiger partial charge on any atom is -0.388 e. The van der Waals surface area contributed by atoms with Crippen LogP contribution >= 0.6 is 0 Å².